The third-order valence-corrected chi connectivity index (χ3v) is 7.90. The molecule has 1 unspecified atom stereocenters. The lowest BCUT2D eigenvalue weighted by molar-refractivity contribution is -0.122. The average Bonchev–Trinajstić information content (AvgIpc) is 3.57. The molecule has 5 rings (SSSR count). The minimum absolute atomic E-state index is 0.0253. The third kappa shape index (κ3) is 5.00. The number of thiazole rings is 1. The molecule has 182 valence electrons. The summed E-state index contributed by atoms with van der Waals surface area (Å²) in [5.41, 5.74) is 4.68. The van der Waals surface area contributed by atoms with Crippen molar-refractivity contribution in [1.29, 1.82) is 0 Å². The van der Waals surface area contributed by atoms with Gasteiger partial charge >= 0.3 is 0 Å². The Bertz CT molecular complexity index is 1260. The number of carbonyl (C=O) groups is 2. The van der Waals surface area contributed by atoms with Crippen LogP contribution in [0.3, 0.4) is 0 Å². The topological polar surface area (TPSA) is 94.6 Å². The monoisotopic (exact) mass is 490 g/mol. The van der Waals surface area contributed by atoms with E-state index in [1.165, 1.54) is 0 Å². The molecule has 1 saturated heterocycles. The van der Waals surface area contributed by atoms with Crippen molar-refractivity contribution < 1.29 is 14.7 Å². The fourth-order valence-electron chi connectivity index (χ4n) is 5.20. The zero-order valence-corrected chi connectivity index (χ0v) is 20.8. The predicted octanol–water partition coefficient (Wildman–Crippen LogP) is 3.29. The molecule has 3 N–H and O–H groups in total. The molecule has 2 aliphatic rings. The van der Waals surface area contributed by atoms with Gasteiger partial charge in [0.25, 0.3) is 0 Å². The normalized spacial score (nSPS) is 19.3. The van der Waals surface area contributed by atoms with Crippen LogP contribution < -0.4 is 10.6 Å². The number of aryl methyl sites for hydroxylation is 1. The van der Waals surface area contributed by atoms with Crippen LogP contribution in [0.2, 0.25) is 0 Å². The van der Waals surface area contributed by atoms with E-state index in [0.29, 0.717) is 19.5 Å². The van der Waals surface area contributed by atoms with Gasteiger partial charge in [0, 0.05) is 54.9 Å². The van der Waals surface area contributed by atoms with Crippen molar-refractivity contribution in [2.45, 2.75) is 37.7 Å². The molecule has 0 spiro atoms. The van der Waals surface area contributed by atoms with Crippen molar-refractivity contribution in [2.75, 3.05) is 32.0 Å². The van der Waals surface area contributed by atoms with Gasteiger partial charge in [-0.3, -0.25) is 9.59 Å². The Hall–Kier alpha value is -3.07. The molecule has 2 aromatic carbocycles. The number of carbonyl (C=O) groups excluding carboxylic acids is 2. The average molecular weight is 491 g/mol. The van der Waals surface area contributed by atoms with Crippen LogP contribution in [0.1, 0.15) is 39.8 Å². The number of nitrogens with one attached hydrogen (secondary N) is 2. The molecule has 3 atom stereocenters. The lowest BCUT2D eigenvalue weighted by Crippen LogP contribution is -2.36. The van der Waals surface area contributed by atoms with Crippen LogP contribution in [0, 0.1) is 6.92 Å². The molecule has 7 nitrogen and oxygen atoms in total. The van der Waals surface area contributed by atoms with E-state index in [1.54, 1.807) is 18.4 Å². The minimum Gasteiger partial charge on any atom is -0.392 e. The lowest BCUT2D eigenvalue weighted by Gasteiger charge is -2.31. The van der Waals surface area contributed by atoms with Gasteiger partial charge in [0.1, 0.15) is 5.01 Å². The Balaban J connectivity index is 1.57. The van der Waals surface area contributed by atoms with E-state index in [0.717, 1.165) is 50.8 Å². The van der Waals surface area contributed by atoms with Crippen LogP contribution in [-0.4, -0.2) is 59.6 Å². The number of hydrogen-bond donors (Lipinski definition) is 3. The lowest BCUT2D eigenvalue weighted by atomic mass is 9.79. The molecular weight excluding hydrogens is 460 g/mol. The highest BCUT2D eigenvalue weighted by molar-refractivity contribution is 7.14. The Morgan fingerprint density at radius 3 is 2.86 bits per heavy atom. The Morgan fingerprint density at radius 1 is 1.29 bits per heavy atom. The molecule has 0 radical (unpaired) electrons. The van der Waals surface area contributed by atoms with Crippen LogP contribution in [0.15, 0.2) is 48.7 Å². The zero-order chi connectivity index (χ0) is 24.5. The summed E-state index contributed by atoms with van der Waals surface area (Å²) in [6.45, 7) is 4.08. The number of amides is 2. The van der Waals surface area contributed by atoms with Crippen LogP contribution in [0.4, 0.5) is 5.69 Å². The maximum atomic E-state index is 13.4. The maximum absolute atomic E-state index is 13.4. The number of fused-ring (bicyclic) bond motifs is 1. The molecule has 1 aromatic heterocycles. The Kier molecular flexibility index (Phi) is 6.69. The third-order valence-electron chi connectivity index (χ3n) is 6.93. The zero-order valence-electron chi connectivity index (χ0n) is 20.0. The van der Waals surface area contributed by atoms with Gasteiger partial charge in [-0.1, -0.05) is 30.3 Å². The molecule has 2 aliphatic heterocycles. The van der Waals surface area contributed by atoms with Gasteiger partial charge in [-0.25, -0.2) is 4.98 Å². The van der Waals surface area contributed by atoms with E-state index < -0.39 is 5.92 Å². The molecule has 3 heterocycles. The summed E-state index contributed by atoms with van der Waals surface area (Å²) in [5, 5.41) is 16.9. The number of benzene rings is 2. The summed E-state index contributed by atoms with van der Waals surface area (Å²) >= 11 is 1.65. The van der Waals surface area contributed by atoms with Gasteiger partial charge < -0.3 is 20.6 Å². The molecular formula is C27H30N4O3S. The largest absolute Gasteiger partial charge is 0.392 e. The van der Waals surface area contributed by atoms with Crippen molar-refractivity contribution in [3.63, 3.8) is 0 Å². The van der Waals surface area contributed by atoms with Crippen LogP contribution in [-0.2, 0) is 16.0 Å². The predicted molar refractivity (Wildman–Crippen MR) is 138 cm³/mol. The smallest absolute Gasteiger partial charge is 0.228 e. The first-order valence-corrected chi connectivity index (χ1v) is 12.8. The van der Waals surface area contributed by atoms with E-state index in [4.69, 9.17) is 0 Å². The van der Waals surface area contributed by atoms with Crippen molar-refractivity contribution in [3.8, 4) is 10.6 Å². The number of β-amino-alcohol motifs (C(OH)–C–C–N with tert-alkyl or cyclic N) is 1. The highest BCUT2D eigenvalue weighted by Crippen LogP contribution is 2.39. The minimum atomic E-state index is -0.464. The summed E-state index contributed by atoms with van der Waals surface area (Å²) in [7, 11) is 1.66. The second-order valence-corrected chi connectivity index (χ2v) is 10.7. The number of aliphatic hydroxyl groups excluding tert-OH is 1. The first-order valence-electron chi connectivity index (χ1n) is 12.0. The number of rotatable bonds is 7. The highest BCUT2D eigenvalue weighted by Gasteiger charge is 2.35. The van der Waals surface area contributed by atoms with E-state index >= 15 is 0 Å². The van der Waals surface area contributed by atoms with Gasteiger partial charge in [-0.2, -0.15) is 0 Å². The van der Waals surface area contributed by atoms with Gasteiger partial charge in [0.15, 0.2) is 0 Å². The molecule has 3 aromatic rings. The van der Waals surface area contributed by atoms with Crippen LogP contribution in [0.5, 0.6) is 0 Å². The highest BCUT2D eigenvalue weighted by atomic mass is 32.1. The molecule has 0 aliphatic carbocycles. The van der Waals surface area contributed by atoms with Crippen LogP contribution >= 0.6 is 11.3 Å². The second-order valence-electron chi connectivity index (χ2n) is 9.44. The molecule has 0 bridgehead atoms. The first kappa shape index (κ1) is 23.7. The van der Waals surface area contributed by atoms with Crippen molar-refractivity contribution >= 4 is 28.8 Å². The fraction of sp³-hybridized carbons (Fsp3) is 0.370. The first-order chi connectivity index (χ1) is 16.9. The van der Waals surface area contributed by atoms with Crippen molar-refractivity contribution in [1.82, 2.24) is 15.2 Å². The number of likely N-dealkylation sites (tertiary alicyclic amines) is 1. The van der Waals surface area contributed by atoms with Gasteiger partial charge in [0.2, 0.25) is 11.8 Å². The Labute approximate surface area is 209 Å². The van der Waals surface area contributed by atoms with Crippen molar-refractivity contribution in [3.05, 3.63) is 70.2 Å². The van der Waals surface area contributed by atoms with Crippen LogP contribution in [0.25, 0.3) is 10.6 Å². The summed E-state index contributed by atoms with van der Waals surface area (Å²) in [6.07, 6.45) is 2.64. The van der Waals surface area contributed by atoms with E-state index in [1.807, 2.05) is 37.4 Å². The number of hydrogen-bond acceptors (Lipinski definition) is 6. The Morgan fingerprint density at radius 2 is 2.14 bits per heavy atom. The number of aliphatic hydroxyl groups is 1. The number of aromatic nitrogens is 1. The van der Waals surface area contributed by atoms with E-state index in [9.17, 15) is 14.7 Å². The van der Waals surface area contributed by atoms with Gasteiger partial charge in [0.05, 0.1) is 18.4 Å². The number of nitrogens with zero attached hydrogens (tertiary/aromatic N) is 2. The summed E-state index contributed by atoms with van der Waals surface area (Å²) < 4.78 is 0. The summed E-state index contributed by atoms with van der Waals surface area (Å²) in [5.74, 6) is -0.720. The maximum Gasteiger partial charge on any atom is 0.228 e. The van der Waals surface area contributed by atoms with Crippen molar-refractivity contribution in [2.24, 2.45) is 0 Å². The fourth-order valence-corrected chi connectivity index (χ4v) is 5.96. The number of likely N-dealkylation sites (N-methyl/N-ethyl adjacent to an activating group) is 1. The quantitative estimate of drug-likeness (QED) is 0.473. The SMILES string of the molecule is CNC(=O)C(c1ccc2c(c1)NC(=O)C2)[C@H](CN1CC[C@H](O)C1)c1cccc(-c2ncc(C)s2)c1. The molecule has 8 heteroatoms. The second kappa shape index (κ2) is 9.89. The molecule has 1 fully saturated rings. The standard InChI is InChI=1S/C27H30N4O3S/c1-16-13-29-27(35-16)20-5-3-4-17(10-20)22(15-31-9-8-21(32)14-31)25(26(34)28-2)19-7-6-18-12-24(33)30-23(18)11-19/h3-7,10-11,13,21-22,25,32H,8-9,12,14-15H2,1-2H3,(H,28,34)(H,30,33)/t21-,22+,25?/m0/s1. The molecule has 2 amide bonds. The summed E-state index contributed by atoms with van der Waals surface area (Å²) in [4.78, 5) is 33.3. The summed E-state index contributed by atoms with van der Waals surface area (Å²) in [6, 6.07) is 14.2. The van der Waals surface area contributed by atoms with E-state index in [2.05, 4.69) is 38.7 Å². The molecule has 35 heavy (non-hydrogen) atoms. The van der Waals surface area contributed by atoms with E-state index in [-0.39, 0.29) is 23.8 Å². The molecule has 0 saturated carbocycles. The van der Waals surface area contributed by atoms with Gasteiger partial charge in [-0.15, -0.1) is 11.3 Å². The van der Waals surface area contributed by atoms with Gasteiger partial charge in [-0.05, 0) is 42.2 Å². The number of anilines is 1.